The molecule has 1 rings (SSSR count). The minimum atomic E-state index is 0.724. The molecule has 0 aromatic heterocycles. The first-order chi connectivity index (χ1) is 7.72. The zero-order valence-electron chi connectivity index (χ0n) is 9.67. The van der Waals surface area contributed by atoms with Crippen molar-refractivity contribution in [1.82, 2.24) is 0 Å². The molecule has 0 radical (unpaired) electrons. The fraction of sp³-hybridized carbons (Fsp3) is 0.500. The Balaban J connectivity index is 2.92. The van der Waals surface area contributed by atoms with E-state index in [0.717, 1.165) is 30.0 Å². The monoisotopic (exact) mass is 305 g/mol. The minimum Gasteiger partial charge on any atom is -0.383 e. The van der Waals surface area contributed by atoms with Crippen molar-refractivity contribution in [3.63, 3.8) is 0 Å². The number of hydrogen-bond donors (Lipinski definition) is 0. The Bertz CT molecular complexity index is 333. The lowest BCUT2D eigenvalue weighted by Gasteiger charge is -2.25. The molecule has 0 N–H and O–H groups in total. The van der Waals surface area contributed by atoms with E-state index >= 15 is 0 Å². The topological polar surface area (TPSA) is 12.5 Å². The molecule has 0 unspecified atom stereocenters. The Labute approximate surface area is 111 Å². The molecule has 0 spiro atoms. The van der Waals surface area contributed by atoms with Gasteiger partial charge in [-0.3, -0.25) is 0 Å². The first-order valence-corrected chi connectivity index (χ1v) is 6.81. The van der Waals surface area contributed by atoms with Gasteiger partial charge in [0.1, 0.15) is 0 Å². The van der Waals surface area contributed by atoms with Crippen LogP contribution in [-0.2, 0) is 10.1 Å². The molecule has 0 atom stereocenters. The Morgan fingerprint density at radius 3 is 2.75 bits per heavy atom. The molecule has 0 aliphatic rings. The highest BCUT2D eigenvalue weighted by molar-refractivity contribution is 9.08. The van der Waals surface area contributed by atoms with Gasteiger partial charge in [-0.1, -0.05) is 33.6 Å². The maximum absolute atomic E-state index is 6.04. The predicted octanol–water partition coefficient (Wildman–Crippen LogP) is 3.71. The maximum Gasteiger partial charge on any atom is 0.0637 e. The van der Waals surface area contributed by atoms with Gasteiger partial charge in [-0.2, -0.15) is 0 Å². The van der Waals surface area contributed by atoms with E-state index in [1.807, 2.05) is 12.1 Å². The number of nitrogens with zero attached hydrogens (tertiary/aromatic N) is 1. The molecule has 0 saturated carbocycles. The fourth-order valence-electron chi connectivity index (χ4n) is 1.59. The maximum atomic E-state index is 6.04. The highest BCUT2D eigenvalue weighted by Gasteiger charge is 2.09. The zero-order chi connectivity index (χ0) is 12.0. The summed E-state index contributed by atoms with van der Waals surface area (Å²) in [6.45, 7) is 4.69. The lowest BCUT2D eigenvalue weighted by molar-refractivity contribution is 0.205. The smallest absolute Gasteiger partial charge is 0.0637 e. The Morgan fingerprint density at radius 1 is 1.44 bits per heavy atom. The van der Waals surface area contributed by atoms with Gasteiger partial charge < -0.3 is 9.64 Å². The molecule has 90 valence electrons. The second-order valence-electron chi connectivity index (χ2n) is 3.48. The summed E-state index contributed by atoms with van der Waals surface area (Å²) >= 11 is 9.53. The predicted molar refractivity (Wildman–Crippen MR) is 73.8 cm³/mol. The van der Waals surface area contributed by atoms with Crippen LogP contribution in [0.4, 0.5) is 5.69 Å². The third-order valence-corrected chi connectivity index (χ3v) is 3.32. The molecular formula is C12H17BrClNO. The Morgan fingerprint density at radius 2 is 2.19 bits per heavy atom. The van der Waals surface area contributed by atoms with Crippen molar-refractivity contribution >= 4 is 33.2 Å². The SMILES string of the molecule is CCN(CCOC)c1cc(Cl)ccc1CBr. The fourth-order valence-corrected chi connectivity index (χ4v) is 2.24. The first kappa shape index (κ1) is 13.8. The summed E-state index contributed by atoms with van der Waals surface area (Å²) < 4.78 is 5.11. The van der Waals surface area contributed by atoms with Crippen LogP contribution in [0, 0.1) is 0 Å². The van der Waals surface area contributed by atoms with Crippen molar-refractivity contribution in [2.45, 2.75) is 12.3 Å². The molecule has 0 bridgehead atoms. The Kier molecular flexibility index (Phi) is 6.17. The van der Waals surface area contributed by atoms with Crippen molar-refractivity contribution in [1.29, 1.82) is 0 Å². The molecule has 16 heavy (non-hydrogen) atoms. The number of ether oxygens (including phenoxy) is 1. The van der Waals surface area contributed by atoms with Crippen LogP contribution in [0.2, 0.25) is 5.02 Å². The first-order valence-electron chi connectivity index (χ1n) is 5.31. The summed E-state index contributed by atoms with van der Waals surface area (Å²) in [4.78, 5) is 2.27. The number of hydrogen-bond acceptors (Lipinski definition) is 2. The number of benzene rings is 1. The van der Waals surface area contributed by atoms with Gasteiger partial charge in [-0.05, 0) is 24.6 Å². The molecular weight excluding hydrogens is 289 g/mol. The average molecular weight is 307 g/mol. The van der Waals surface area contributed by atoms with Gasteiger partial charge in [0.2, 0.25) is 0 Å². The molecule has 0 heterocycles. The molecule has 2 nitrogen and oxygen atoms in total. The van der Waals surface area contributed by atoms with Gasteiger partial charge in [-0.15, -0.1) is 0 Å². The van der Waals surface area contributed by atoms with E-state index in [1.165, 1.54) is 11.3 Å². The second-order valence-corrected chi connectivity index (χ2v) is 4.48. The van der Waals surface area contributed by atoms with Crippen molar-refractivity contribution in [2.75, 3.05) is 31.7 Å². The van der Waals surface area contributed by atoms with Crippen molar-refractivity contribution in [3.8, 4) is 0 Å². The van der Waals surface area contributed by atoms with Crippen molar-refractivity contribution in [2.24, 2.45) is 0 Å². The average Bonchev–Trinajstić information content (AvgIpc) is 2.30. The lowest BCUT2D eigenvalue weighted by Crippen LogP contribution is -2.27. The molecule has 0 fully saturated rings. The zero-order valence-corrected chi connectivity index (χ0v) is 12.0. The number of methoxy groups -OCH3 is 1. The van der Waals surface area contributed by atoms with Gasteiger partial charge in [-0.25, -0.2) is 0 Å². The standard InChI is InChI=1S/C12H17BrClNO/c1-3-15(6-7-16-2)12-8-11(14)5-4-10(12)9-13/h4-5,8H,3,6-7,9H2,1-2H3. The van der Waals surface area contributed by atoms with Crippen molar-refractivity contribution < 1.29 is 4.74 Å². The van der Waals surface area contributed by atoms with E-state index in [9.17, 15) is 0 Å². The second kappa shape index (κ2) is 7.15. The van der Waals surface area contributed by atoms with E-state index in [2.05, 4.69) is 33.8 Å². The van der Waals surface area contributed by atoms with Crippen LogP contribution >= 0.6 is 27.5 Å². The summed E-state index contributed by atoms with van der Waals surface area (Å²) in [5.74, 6) is 0. The number of halogens is 2. The van der Waals surface area contributed by atoms with Gasteiger partial charge in [0, 0.05) is 36.2 Å². The molecule has 1 aromatic rings. The number of rotatable bonds is 6. The summed E-state index contributed by atoms with van der Waals surface area (Å²) in [6.07, 6.45) is 0. The lowest BCUT2D eigenvalue weighted by atomic mass is 10.2. The van der Waals surface area contributed by atoms with E-state index in [0.29, 0.717) is 0 Å². The summed E-state index contributed by atoms with van der Waals surface area (Å²) in [6, 6.07) is 5.99. The van der Waals surface area contributed by atoms with Gasteiger partial charge in [0.05, 0.1) is 6.61 Å². The highest BCUT2D eigenvalue weighted by atomic mass is 79.9. The van der Waals surface area contributed by atoms with Crippen LogP contribution in [-0.4, -0.2) is 26.8 Å². The third-order valence-electron chi connectivity index (χ3n) is 2.48. The number of anilines is 1. The number of alkyl halides is 1. The van der Waals surface area contributed by atoms with E-state index in [1.54, 1.807) is 7.11 Å². The van der Waals surface area contributed by atoms with Crippen molar-refractivity contribution in [3.05, 3.63) is 28.8 Å². The largest absolute Gasteiger partial charge is 0.383 e. The molecule has 0 aliphatic carbocycles. The summed E-state index contributed by atoms with van der Waals surface area (Å²) in [7, 11) is 1.72. The quantitative estimate of drug-likeness (QED) is 0.743. The van der Waals surface area contributed by atoms with Crippen LogP contribution in [0.15, 0.2) is 18.2 Å². The normalized spacial score (nSPS) is 10.5. The van der Waals surface area contributed by atoms with Crippen LogP contribution in [0.3, 0.4) is 0 Å². The molecule has 0 aliphatic heterocycles. The van der Waals surface area contributed by atoms with Crippen LogP contribution in [0.5, 0.6) is 0 Å². The molecule has 0 saturated heterocycles. The van der Waals surface area contributed by atoms with Gasteiger partial charge in [0.15, 0.2) is 0 Å². The summed E-state index contributed by atoms with van der Waals surface area (Å²) in [5, 5.41) is 1.61. The summed E-state index contributed by atoms with van der Waals surface area (Å²) in [5.41, 5.74) is 2.44. The van der Waals surface area contributed by atoms with E-state index in [-0.39, 0.29) is 0 Å². The van der Waals surface area contributed by atoms with E-state index in [4.69, 9.17) is 16.3 Å². The van der Waals surface area contributed by atoms with E-state index < -0.39 is 0 Å². The number of likely N-dealkylation sites (N-methyl/N-ethyl adjacent to an activating group) is 1. The van der Waals surface area contributed by atoms with Crippen LogP contribution in [0.25, 0.3) is 0 Å². The van der Waals surface area contributed by atoms with Gasteiger partial charge >= 0.3 is 0 Å². The molecule has 4 heteroatoms. The van der Waals surface area contributed by atoms with Gasteiger partial charge in [0.25, 0.3) is 0 Å². The minimum absolute atomic E-state index is 0.724. The Hall–Kier alpha value is -0.250. The third kappa shape index (κ3) is 3.65. The molecule has 1 aromatic carbocycles. The van der Waals surface area contributed by atoms with Crippen LogP contribution < -0.4 is 4.90 Å². The molecule has 0 amide bonds. The van der Waals surface area contributed by atoms with Crippen LogP contribution in [0.1, 0.15) is 12.5 Å². The highest BCUT2D eigenvalue weighted by Crippen LogP contribution is 2.26.